The first-order valence-corrected chi connectivity index (χ1v) is 12.2. The van der Waals surface area contributed by atoms with Crippen LogP contribution in [0.3, 0.4) is 0 Å². The zero-order valence-corrected chi connectivity index (χ0v) is 14.0. The minimum atomic E-state index is -1.20. The molecule has 0 unspecified atom stereocenters. The molecule has 0 radical (unpaired) electrons. The third-order valence-electron chi connectivity index (χ3n) is 2.41. The molecule has 0 heterocycles. The number of benzene rings is 2. The van der Waals surface area contributed by atoms with E-state index in [1.54, 1.807) is 7.74 Å². The second kappa shape index (κ2) is 8.46. The molecule has 0 aromatic heterocycles. The predicted octanol–water partition coefficient (Wildman–Crippen LogP) is 2.56. The van der Waals surface area contributed by atoms with E-state index in [1.807, 2.05) is 0 Å². The summed E-state index contributed by atoms with van der Waals surface area (Å²) in [4.78, 5) is 0. The SMILES string of the molecule is C[SiH2]C.[CH3][Ti]([c]1ccccc1)[c]1ccccc1. The van der Waals surface area contributed by atoms with E-state index >= 15 is 0 Å². The van der Waals surface area contributed by atoms with Crippen LogP contribution in [0.25, 0.3) is 0 Å². The average Bonchev–Trinajstić information content (AvgIpc) is 2.41. The molecule has 17 heavy (non-hydrogen) atoms. The van der Waals surface area contributed by atoms with E-state index in [0.717, 1.165) is 0 Å². The van der Waals surface area contributed by atoms with Crippen molar-refractivity contribution in [3.05, 3.63) is 60.7 Å². The molecule has 0 spiro atoms. The van der Waals surface area contributed by atoms with E-state index in [4.69, 9.17) is 0 Å². The van der Waals surface area contributed by atoms with Crippen LogP contribution in [-0.4, -0.2) is 9.52 Å². The molecule has 2 rings (SSSR count). The van der Waals surface area contributed by atoms with E-state index in [1.165, 1.54) is 0 Å². The van der Waals surface area contributed by atoms with Crippen LogP contribution in [0.15, 0.2) is 60.7 Å². The third kappa shape index (κ3) is 5.03. The Morgan fingerprint density at radius 1 is 0.706 bits per heavy atom. The van der Waals surface area contributed by atoms with Gasteiger partial charge >= 0.3 is 91.5 Å². The fourth-order valence-electron chi connectivity index (χ4n) is 1.54. The van der Waals surface area contributed by atoms with Gasteiger partial charge < -0.3 is 0 Å². The van der Waals surface area contributed by atoms with Crippen molar-refractivity contribution in [2.45, 2.75) is 18.3 Å². The summed E-state index contributed by atoms with van der Waals surface area (Å²) in [5.41, 5.74) is 0. The molecular formula is C15H21SiTi. The van der Waals surface area contributed by atoms with Gasteiger partial charge in [-0.3, -0.25) is 0 Å². The molecule has 0 saturated carbocycles. The number of hydrogen-bond donors (Lipinski definition) is 0. The summed E-state index contributed by atoms with van der Waals surface area (Å²) >= 11 is -1.20. The molecule has 0 saturated heterocycles. The summed E-state index contributed by atoms with van der Waals surface area (Å²) in [5.74, 6) is 0. The summed E-state index contributed by atoms with van der Waals surface area (Å²) in [6.07, 6.45) is 0. The van der Waals surface area contributed by atoms with Gasteiger partial charge in [0.25, 0.3) is 0 Å². The molecule has 0 aliphatic carbocycles. The van der Waals surface area contributed by atoms with E-state index in [-0.39, 0.29) is 0 Å². The fraction of sp³-hybridized carbons (Fsp3) is 0.200. The van der Waals surface area contributed by atoms with Crippen LogP contribution in [-0.2, 0) is 17.9 Å². The van der Waals surface area contributed by atoms with Gasteiger partial charge in [-0.25, -0.2) is 0 Å². The molecule has 0 atom stereocenters. The Morgan fingerprint density at radius 2 is 1.00 bits per heavy atom. The molecule has 2 heteroatoms. The zero-order chi connectivity index (χ0) is 12.5. The topological polar surface area (TPSA) is 0 Å². The van der Waals surface area contributed by atoms with Gasteiger partial charge in [-0.2, -0.15) is 0 Å². The maximum absolute atomic E-state index is 2.41. The number of hydrogen-bond acceptors (Lipinski definition) is 0. The second-order valence-electron chi connectivity index (χ2n) is 4.06. The molecule has 2 aromatic carbocycles. The van der Waals surface area contributed by atoms with Gasteiger partial charge in [0.2, 0.25) is 0 Å². The van der Waals surface area contributed by atoms with Crippen LogP contribution >= 0.6 is 0 Å². The summed E-state index contributed by atoms with van der Waals surface area (Å²) in [5, 5.41) is 2.41. The van der Waals surface area contributed by atoms with Crippen molar-refractivity contribution in [2.75, 3.05) is 0 Å². The second-order valence-corrected chi connectivity index (χ2v) is 9.23. The monoisotopic (exact) mass is 277 g/mol. The maximum atomic E-state index is 2.41. The molecule has 0 amide bonds. The Balaban J connectivity index is 0.000000437. The van der Waals surface area contributed by atoms with E-state index < -0.39 is 17.9 Å². The molecule has 0 N–H and O–H groups in total. The van der Waals surface area contributed by atoms with E-state index in [9.17, 15) is 0 Å². The van der Waals surface area contributed by atoms with Crippen LogP contribution in [0.4, 0.5) is 0 Å². The van der Waals surface area contributed by atoms with Gasteiger partial charge in [0, 0.05) is 9.52 Å². The Labute approximate surface area is 114 Å². The van der Waals surface area contributed by atoms with Crippen LogP contribution in [0, 0.1) is 0 Å². The van der Waals surface area contributed by atoms with Gasteiger partial charge in [-0.1, -0.05) is 13.1 Å². The first-order chi connectivity index (χ1) is 8.29. The first kappa shape index (κ1) is 14.4. The van der Waals surface area contributed by atoms with Gasteiger partial charge in [0.1, 0.15) is 0 Å². The first-order valence-electron chi connectivity index (χ1n) is 6.24. The van der Waals surface area contributed by atoms with Crippen LogP contribution in [0.5, 0.6) is 0 Å². The van der Waals surface area contributed by atoms with Gasteiger partial charge in [-0.15, -0.1) is 0 Å². The molecule has 89 valence electrons. The van der Waals surface area contributed by atoms with Crippen molar-refractivity contribution in [3.63, 3.8) is 0 Å². The van der Waals surface area contributed by atoms with Crippen LogP contribution in [0.1, 0.15) is 0 Å². The quantitative estimate of drug-likeness (QED) is 0.740. The Hall–Kier alpha value is -0.629. The van der Waals surface area contributed by atoms with Crippen molar-refractivity contribution in [1.82, 2.24) is 0 Å². The van der Waals surface area contributed by atoms with E-state index in [2.05, 4.69) is 79.0 Å². The van der Waals surface area contributed by atoms with Crippen molar-refractivity contribution in [3.8, 4) is 0 Å². The predicted molar refractivity (Wildman–Crippen MR) is 78.3 cm³/mol. The normalized spacial score (nSPS) is 9.12. The Bertz CT molecular complexity index is 360. The van der Waals surface area contributed by atoms with Crippen LogP contribution in [0.2, 0.25) is 18.3 Å². The summed E-state index contributed by atoms with van der Waals surface area (Å²) in [7, 11) is 0.417. The van der Waals surface area contributed by atoms with E-state index in [0.29, 0.717) is 9.52 Å². The molecule has 0 fully saturated rings. The molecule has 0 aliphatic rings. The average molecular weight is 277 g/mol. The van der Waals surface area contributed by atoms with Gasteiger partial charge in [0.15, 0.2) is 0 Å². The van der Waals surface area contributed by atoms with Gasteiger partial charge in [-0.05, 0) is 0 Å². The molecule has 0 aliphatic heterocycles. The van der Waals surface area contributed by atoms with Gasteiger partial charge in [0.05, 0.1) is 0 Å². The Morgan fingerprint density at radius 3 is 1.29 bits per heavy atom. The summed E-state index contributed by atoms with van der Waals surface area (Å²) < 4.78 is 3.08. The van der Waals surface area contributed by atoms with Crippen molar-refractivity contribution >= 4 is 17.3 Å². The number of rotatable bonds is 2. The third-order valence-corrected chi connectivity index (χ3v) is 6.16. The zero-order valence-electron chi connectivity index (χ0n) is 11.0. The molecule has 0 bridgehead atoms. The van der Waals surface area contributed by atoms with Crippen molar-refractivity contribution in [1.29, 1.82) is 0 Å². The molecular weight excluding hydrogens is 256 g/mol. The fourth-order valence-corrected chi connectivity index (χ4v) is 4.23. The standard InChI is InChI=1S/2C6H5.C2H8Si.CH3.Ti/c2*1-2-4-6-5-3-1;1-3-2;;/h2*1-5H;3H2,1-2H3;1H3;. The summed E-state index contributed by atoms with van der Waals surface area (Å²) in [6.45, 7) is 4.53. The van der Waals surface area contributed by atoms with Crippen LogP contribution < -0.4 is 7.74 Å². The van der Waals surface area contributed by atoms with Crippen molar-refractivity contribution in [2.24, 2.45) is 0 Å². The Kier molecular flexibility index (Phi) is 7.18. The minimum absolute atomic E-state index is 0.417. The van der Waals surface area contributed by atoms with Crippen molar-refractivity contribution < 1.29 is 17.9 Å². The molecule has 2 aromatic rings. The molecule has 0 nitrogen and oxygen atoms in total. The summed E-state index contributed by atoms with van der Waals surface area (Å²) in [6, 6.07) is 21.7.